The van der Waals surface area contributed by atoms with Crippen molar-refractivity contribution in [3.05, 3.63) is 88.9 Å². The molecule has 0 saturated heterocycles. The van der Waals surface area contributed by atoms with Crippen LogP contribution >= 0.6 is 0 Å². The third-order valence-corrected chi connectivity index (χ3v) is 6.09. The Bertz CT molecular complexity index is 1430. The van der Waals surface area contributed by atoms with Crippen molar-refractivity contribution in [2.45, 2.75) is 39.7 Å². The first-order valence-corrected chi connectivity index (χ1v) is 11.3. The zero-order chi connectivity index (χ0) is 23.8. The normalized spacial score (nSPS) is 12.8. The summed E-state index contributed by atoms with van der Waals surface area (Å²) in [5.41, 5.74) is 6.15. The zero-order valence-corrected chi connectivity index (χ0v) is 19.4. The van der Waals surface area contributed by atoms with Crippen molar-refractivity contribution in [1.29, 1.82) is 5.26 Å². The van der Waals surface area contributed by atoms with Gasteiger partial charge in [0.25, 0.3) is 0 Å². The van der Waals surface area contributed by atoms with Crippen LogP contribution in [0, 0.1) is 18.3 Å². The first-order valence-electron chi connectivity index (χ1n) is 11.3. The Balaban J connectivity index is 1.43. The van der Waals surface area contributed by atoms with E-state index >= 15 is 0 Å². The lowest BCUT2D eigenvalue weighted by atomic mass is 9.97. The number of nitriles is 1. The highest BCUT2D eigenvalue weighted by atomic mass is 16.2. The smallest absolute Gasteiger partial charge is 0.233 e. The highest BCUT2D eigenvalue weighted by Gasteiger charge is 2.30. The van der Waals surface area contributed by atoms with Crippen molar-refractivity contribution in [1.82, 2.24) is 19.7 Å². The maximum atomic E-state index is 12.8. The average Bonchev–Trinajstić information content (AvgIpc) is 3.38. The summed E-state index contributed by atoms with van der Waals surface area (Å²) in [6, 6.07) is 19.8. The van der Waals surface area contributed by atoms with Gasteiger partial charge in [-0.15, -0.1) is 0 Å². The van der Waals surface area contributed by atoms with E-state index in [1.165, 1.54) is 5.56 Å². The highest BCUT2D eigenvalue weighted by molar-refractivity contribution is 6.00. The van der Waals surface area contributed by atoms with Gasteiger partial charge < -0.3 is 0 Å². The van der Waals surface area contributed by atoms with Gasteiger partial charge in [-0.3, -0.25) is 9.69 Å². The Hall–Kier alpha value is -4.31. The molecule has 5 rings (SSSR count). The molecule has 0 saturated carbocycles. The molecule has 0 atom stereocenters. The van der Waals surface area contributed by atoms with E-state index in [9.17, 15) is 4.79 Å². The zero-order valence-electron chi connectivity index (χ0n) is 19.4. The topological polar surface area (TPSA) is 87.7 Å². The monoisotopic (exact) mass is 448 g/mol. The molecule has 1 aliphatic heterocycles. The summed E-state index contributed by atoms with van der Waals surface area (Å²) in [7, 11) is 0. The summed E-state index contributed by atoms with van der Waals surface area (Å²) in [5, 5.41) is 13.4. The third kappa shape index (κ3) is 3.84. The molecule has 0 spiro atoms. The number of anilines is 1. The molecule has 7 heteroatoms. The Labute approximate surface area is 198 Å². The van der Waals surface area contributed by atoms with Gasteiger partial charge in [0.1, 0.15) is 11.9 Å². The number of rotatable bonds is 5. The van der Waals surface area contributed by atoms with Crippen LogP contribution in [0.4, 0.5) is 5.82 Å². The first-order chi connectivity index (χ1) is 16.4. The van der Waals surface area contributed by atoms with E-state index in [1.807, 2.05) is 49.4 Å². The number of hydrogen-bond donors (Lipinski definition) is 0. The van der Waals surface area contributed by atoms with Gasteiger partial charge in [0.2, 0.25) is 5.91 Å². The number of aromatic nitrogens is 4. The van der Waals surface area contributed by atoms with Crippen LogP contribution in [0.25, 0.3) is 17.1 Å². The quantitative estimate of drug-likeness (QED) is 0.441. The Morgan fingerprint density at radius 1 is 1.12 bits per heavy atom. The summed E-state index contributed by atoms with van der Waals surface area (Å²) < 4.78 is 1.74. The third-order valence-electron chi connectivity index (χ3n) is 6.09. The molecule has 0 N–H and O–H groups in total. The van der Waals surface area contributed by atoms with Gasteiger partial charge >= 0.3 is 0 Å². The number of carbonyl (C=O) groups is 1. The molecule has 3 heterocycles. The molecule has 1 aliphatic rings. The van der Waals surface area contributed by atoms with E-state index in [2.05, 4.69) is 36.1 Å². The molecule has 2 aromatic heterocycles. The lowest BCUT2D eigenvalue weighted by Crippen LogP contribution is -2.26. The molecule has 7 nitrogen and oxygen atoms in total. The van der Waals surface area contributed by atoms with Crippen LogP contribution in [0.1, 0.15) is 47.8 Å². The molecule has 0 bridgehead atoms. The Morgan fingerprint density at radius 2 is 1.88 bits per heavy atom. The maximum absolute atomic E-state index is 12.8. The number of amides is 1. The van der Waals surface area contributed by atoms with Crippen molar-refractivity contribution >= 4 is 11.7 Å². The van der Waals surface area contributed by atoms with E-state index in [0.717, 1.165) is 28.1 Å². The summed E-state index contributed by atoms with van der Waals surface area (Å²) in [6.45, 7) is 6.64. The van der Waals surface area contributed by atoms with Gasteiger partial charge in [-0.25, -0.2) is 14.6 Å². The van der Waals surface area contributed by atoms with Crippen LogP contribution in [-0.2, 0) is 17.8 Å². The minimum absolute atomic E-state index is 0.0178. The van der Waals surface area contributed by atoms with Gasteiger partial charge in [-0.05, 0) is 42.2 Å². The van der Waals surface area contributed by atoms with Crippen LogP contribution in [0.2, 0.25) is 0 Å². The van der Waals surface area contributed by atoms with Crippen molar-refractivity contribution in [2.24, 2.45) is 0 Å². The predicted octanol–water partition coefficient (Wildman–Crippen LogP) is 4.72. The Morgan fingerprint density at radius 3 is 2.59 bits per heavy atom. The molecule has 1 amide bonds. The molecule has 34 heavy (non-hydrogen) atoms. The number of aryl methyl sites for hydroxylation is 1. The van der Waals surface area contributed by atoms with E-state index in [4.69, 9.17) is 10.2 Å². The van der Waals surface area contributed by atoms with Gasteiger partial charge in [0, 0.05) is 23.0 Å². The molecular formula is C27H24N6O. The molecule has 0 fully saturated rings. The van der Waals surface area contributed by atoms with E-state index in [0.29, 0.717) is 36.2 Å². The number of nitrogens with zero attached hydrogens (tertiary/aromatic N) is 6. The maximum Gasteiger partial charge on any atom is 0.233 e. The number of hydrogen-bond acceptors (Lipinski definition) is 5. The van der Waals surface area contributed by atoms with Gasteiger partial charge in [-0.1, -0.05) is 50.2 Å². The lowest BCUT2D eigenvalue weighted by Gasteiger charge is -2.18. The highest BCUT2D eigenvalue weighted by Crippen LogP contribution is 2.32. The van der Waals surface area contributed by atoms with Crippen molar-refractivity contribution in [3.8, 4) is 23.1 Å². The van der Waals surface area contributed by atoms with Crippen LogP contribution in [0.15, 0.2) is 60.8 Å². The molecular weight excluding hydrogens is 424 g/mol. The van der Waals surface area contributed by atoms with Crippen LogP contribution in [0.5, 0.6) is 0 Å². The minimum Gasteiger partial charge on any atom is -0.292 e. The fraction of sp³-hybridized carbons (Fsp3) is 0.222. The van der Waals surface area contributed by atoms with Gasteiger partial charge in [-0.2, -0.15) is 10.4 Å². The molecule has 2 aromatic carbocycles. The van der Waals surface area contributed by atoms with Crippen molar-refractivity contribution < 1.29 is 4.79 Å². The second-order valence-electron chi connectivity index (χ2n) is 8.80. The standard InChI is InChI=1S/C27H24N6O/c1-17(2)23-6-4-5-7-24(23)26-29-15-20-13-25(34)32(27(20)30-26)16-19-8-10-22(11-9-19)33-18(3)12-21(14-28)31-33/h4-12,15,17H,13,16H2,1-3H3. The lowest BCUT2D eigenvalue weighted by molar-refractivity contribution is -0.117. The van der Waals surface area contributed by atoms with Gasteiger partial charge in [0.15, 0.2) is 11.5 Å². The van der Waals surface area contributed by atoms with Crippen LogP contribution < -0.4 is 4.90 Å². The molecule has 168 valence electrons. The number of fused-ring (bicyclic) bond motifs is 1. The minimum atomic E-state index is 0.0178. The van der Waals surface area contributed by atoms with Crippen molar-refractivity contribution in [3.63, 3.8) is 0 Å². The van der Waals surface area contributed by atoms with Crippen LogP contribution in [-0.4, -0.2) is 25.7 Å². The first kappa shape index (κ1) is 21.5. The predicted molar refractivity (Wildman–Crippen MR) is 129 cm³/mol. The van der Waals surface area contributed by atoms with E-state index < -0.39 is 0 Å². The number of benzene rings is 2. The fourth-order valence-corrected chi connectivity index (χ4v) is 4.35. The second kappa shape index (κ2) is 8.56. The SMILES string of the molecule is Cc1cc(C#N)nn1-c1ccc(CN2C(=O)Cc3cnc(-c4ccccc4C(C)C)nc32)cc1. The van der Waals surface area contributed by atoms with Gasteiger partial charge in [0.05, 0.1) is 18.7 Å². The summed E-state index contributed by atoms with van der Waals surface area (Å²) in [6.07, 6.45) is 2.09. The van der Waals surface area contributed by atoms with E-state index in [1.54, 1.807) is 21.8 Å². The second-order valence-corrected chi connectivity index (χ2v) is 8.80. The fourth-order valence-electron chi connectivity index (χ4n) is 4.35. The summed E-state index contributed by atoms with van der Waals surface area (Å²) in [4.78, 5) is 24.0. The average molecular weight is 449 g/mol. The van der Waals surface area contributed by atoms with Crippen molar-refractivity contribution in [2.75, 3.05) is 4.90 Å². The Kier molecular flexibility index (Phi) is 5.42. The summed E-state index contributed by atoms with van der Waals surface area (Å²) >= 11 is 0. The molecule has 0 unspecified atom stereocenters. The number of carbonyl (C=O) groups excluding carboxylic acids is 1. The van der Waals surface area contributed by atoms with Crippen LogP contribution in [0.3, 0.4) is 0 Å². The summed E-state index contributed by atoms with van der Waals surface area (Å²) in [5.74, 6) is 1.68. The largest absolute Gasteiger partial charge is 0.292 e. The molecule has 0 aliphatic carbocycles. The molecule has 0 radical (unpaired) electrons. The van der Waals surface area contributed by atoms with E-state index in [-0.39, 0.29) is 5.91 Å². The molecule has 4 aromatic rings.